The zero-order valence-corrected chi connectivity index (χ0v) is 26.4. The molecule has 2 fully saturated rings. The van der Waals surface area contributed by atoms with E-state index in [2.05, 4.69) is 32.8 Å². The molecule has 42 heavy (non-hydrogen) atoms. The smallest absolute Gasteiger partial charge is 0.333 e. The first-order valence-electron chi connectivity index (χ1n) is 14.0. The minimum absolute atomic E-state index is 0. The number of carbonyl (C=O) groups excluding carboxylic acids is 2. The molecule has 2 aliphatic heterocycles. The molecule has 3 heterocycles. The fourth-order valence-corrected chi connectivity index (χ4v) is 5.90. The van der Waals surface area contributed by atoms with Gasteiger partial charge in [0.15, 0.2) is 5.78 Å². The molecule has 9 nitrogen and oxygen atoms in total. The molecule has 3 aliphatic rings. The van der Waals surface area contributed by atoms with Crippen molar-refractivity contribution < 1.29 is 14.3 Å². The Balaban J connectivity index is 0.00000161. The molecule has 2 saturated heterocycles. The number of ether oxygens (including phenoxy) is 1. The third-order valence-electron chi connectivity index (χ3n) is 8.17. The minimum atomic E-state index is -0.340. The molecule has 3 N–H and O–H groups in total. The normalized spacial score (nSPS) is 16.5. The van der Waals surface area contributed by atoms with Crippen LogP contribution in [0.1, 0.15) is 54.1 Å². The summed E-state index contributed by atoms with van der Waals surface area (Å²) in [5.74, 6) is 1.35. The summed E-state index contributed by atoms with van der Waals surface area (Å²) in [6.07, 6.45) is 4.64. The van der Waals surface area contributed by atoms with Gasteiger partial charge in [0, 0.05) is 30.8 Å². The van der Waals surface area contributed by atoms with Gasteiger partial charge in [-0.1, -0.05) is 19.1 Å². The van der Waals surface area contributed by atoms with Crippen LogP contribution in [0.4, 0.5) is 10.5 Å². The van der Waals surface area contributed by atoms with Gasteiger partial charge in [0.25, 0.3) is 0 Å². The number of amides is 2. The van der Waals surface area contributed by atoms with Gasteiger partial charge in [-0.3, -0.25) is 20.2 Å². The monoisotopic (exact) mass is 636 g/mol. The van der Waals surface area contributed by atoms with Crippen molar-refractivity contribution in [3.05, 3.63) is 53.1 Å². The first kappa shape index (κ1) is 33.7. The molecule has 2 amide bonds. The third-order valence-corrected chi connectivity index (χ3v) is 8.17. The number of benzene rings is 2. The van der Waals surface area contributed by atoms with Crippen LogP contribution in [0.25, 0.3) is 22.5 Å². The van der Waals surface area contributed by atoms with Crippen LogP contribution >= 0.6 is 37.2 Å². The Morgan fingerprint density at radius 3 is 2.48 bits per heavy atom. The number of fused-ring (bicyclic) bond motifs is 3. The number of aryl methyl sites for hydroxylation is 1. The molecule has 1 aromatic heterocycles. The van der Waals surface area contributed by atoms with Crippen LogP contribution in [0.2, 0.25) is 0 Å². The lowest BCUT2D eigenvalue weighted by Gasteiger charge is -2.30. The molecule has 1 aliphatic carbocycles. The Morgan fingerprint density at radius 2 is 1.76 bits per heavy atom. The number of ketones is 1. The van der Waals surface area contributed by atoms with E-state index in [1.54, 1.807) is 6.07 Å². The standard InChI is InChI=1S/C30H36N6O3.3ClH/c1-19-10-14-36(15-11-19)34-30(38)31-24-7-5-6-23-25(24)29(37)26-27(32-33-28(23)26)22-9-8-21(18-20(22)2)39-17-16-35-12-3-4-13-35;;;/h5-9,18-19H,3-4,10-17H2,1-2H3,(H,32,33)(H2,31,34,38);3*1H. The molecule has 0 atom stereocenters. The zero-order valence-electron chi connectivity index (χ0n) is 23.9. The van der Waals surface area contributed by atoms with Crippen LogP contribution in [0.15, 0.2) is 36.4 Å². The maximum absolute atomic E-state index is 13.7. The predicted octanol–water partition coefficient (Wildman–Crippen LogP) is 6.10. The number of nitrogens with zero attached hydrogens (tertiary/aromatic N) is 3. The number of urea groups is 1. The van der Waals surface area contributed by atoms with Crippen LogP contribution in [-0.4, -0.2) is 71.3 Å². The zero-order chi connectivity index (χ0) is 26.9. The molecule has 0 spiro atoms. The van der Waals surface area contributed by atoms with Crippen molar-refractivity contribution in [2.45, 2.75) is 39.5 Å². The molecule has 12 heteroatoms. The molecule has 3 aromatic rings. The Morgan fingerprint density at radius 1 is 1.02 bits per heavy atom. The van der Waals surface area contributed by atoms with E-state index >= 15 is 0 Å². The fourth-order valence-electron chi connectivity index (χ4n) is 5.90. The molecular formula is C30H39Cl3N6O3. The first-order chi connectivity index (χ1) is 19.0. The van der Waals surface area contributed by atoms with Gasteiger partial charge in [0.1, 0.15) is 18.1 Å². The van der Waals surface area contributed by atoms with Gasteiger partial charge in [-0.15, -0.1) is 37.2 Å². The van der Waals surface area contributed by atoms with Crippen LogP contribution in [0.3, 0.4) is 0 Å². The van der Waals surface area contributed by atoms with E-state index in [0.717, 1.165) is 68.0 Å². The molecule has 6 rings (SSSR count). The average molecular weight is 638 g/mol. The van der Waals surface area contributed by atoms with E-state index in [1.165, 1.54) is 12.8 Å². The molecule has 228 valence electrons. The third kappa shape index (κ3) is 6.87. The topological polar surface area (TPSA) is 103 Å². The molecule has 2 aromatic carbocycles. The fraction of sp³-hybridized carbons (Fsp3) is 0.433. The molecule has 0 saturated carbocycles. The number of nitrogens with one attached hydrogen (secondary N) is 3. The number of aromatic nitrogens is 2. The Labute approximate surface area is 265 Å². The number of likely N-dealkylation sites (tertiary alicyclic amines) is 1. The minimum Gasteiger partial charge on any atom is -0.492 e. The van der Waals surface area contributed by atoms with E-state index in [1.807, 2.05) is 42.3 Å². The number of anilines is 1. The summed E-state index contributed by atoms with van der Waals surface area (Å²) >= 11 is 0. The van der Waals surface area contributed by atoms with Crippen molar-refractivity contribution in [1.82, 2.24) is 25.5 Å². The van der Waals surface area contributed by atoms with Gasteiger partial charge in [0.05, 0.1) is 22.5 Å². The van der Waals surface area contributed by atoms with Gasteiger partial charge in [0.2, 0.25) is 0 Å². The summed E-state index contributed by atoms with van der Waals surface area (Å²) in [6, 6.07) is 11.1. The first-order valence-corrected chi connectivity index (χ1v) is 14.0. The van der Waals surface area contributed by atoms with Gasteiger partial charge >= 0.3 is 6.03 Å². The number of piperidine rings is 1. The van der Waals surface area contributed by atoms with E-state index < -0.39 is 0 Å². The quantitative estimate of drug-likeness (QED) is 0.226. The van der Waals surface area contributed by atoms with Gasteiger partial charge in [-0.25, -0.2) is 9.80 Å². The number of hydrogen-bond acceptors (Lipinski definition) is 6. The highest BCUT2D eigenvalue weighted by Gasteiger charge is 2.35. The number of rotatable bonds is 7. The number of hydrazine groups is 1. The van der Waals surface area contributed by atoms with Gasteiger partial charge in [-0.2, -0.15) is 5.10 Å². The second kappa shape index (κ2) is 14.6. The number of halogens is 3. The van der Waals surface area contributed by atoms with Crippen LogP contribution in [0.5, 0.6) is 5.75 Å². The predicted molar refractivity (Wildman–Crippen MR) is 173 cm³/mol. The lowest BCUT2D eigenvalue weighted by Crippen LogP contribution is -2.48. The van der Waals surface area contributed by atoms with Crippen molar-refractivity contribution >= 4 is 54.7 Å². The van der Waals surface area contributed by atoms with E-state index in [-0.39, 0.29) is 49.0 Å². The summed E-state index contributed by atoms with van der Waals surface area (Å²) in [5, 5.41) is 12.5. The second-order valence-electron chi connectivity index (χ2n) is 11.0. The number of hydrogen-bond donors (Lipinski definition) is 3. The second-order valence-corrected chi connectivity index (χ2v) is 11.0. The van der Waals surface area contributed by atoms with Crippen molar-refractivity contribution in [1.29, 1.82) is 0 Å². The molecular weight excluding hydrogens is 599 g/mol. The lowest BCUT2D eigenvalue weighted by atomic mass is 10.00. The van der Waals surface area contributed by atoms with E-state index in [0.29, 0.717) is 40.7 Å². The van der Waals surface area contributed by atoms with E-state index in [9.17, 15) is 9.59 Å². The maximum atomic E-state index is 13.7. The van der Waals surface area contributed by atoms with Crippen molar-refractivity contribution in [2.75, 3.05) is 44.6 Å². The summed E-state index contributed by atoms with van der Waals surface area (Å²) in [7, 11) is 0. The van der Waals surface area contributed by atoms with Crippen molar-refractivity contribution in [2.24, 2.45) is 5.92 Å². The van der Waals surface area contributed by atoms with Crippen molar-refractivity contribution in [3.63, 3.8) is 0 Å². The van der Waals surface area contributed by atoms with E-state index in [4.69, 9.17) is 4.74 Å². The Bertz CT molecular complexity index is 1400. The highest BCUT2D eigenvalue weighted by Crippen LogP contribution is 2.43. The van der Waals surface area contributed by atoms with Crippen molar-refractivity contribution in [3.8, 4) is 28.3 Å². The molecule has 0 unspecified atom stereocenters. The number of aromatic amines is 1. The summed E-state index contributed by atoms with van der Waals surface area (Å²) in [6.45, 7) is 9.79. The van der Waals surface area contributed by atoms with Crippen LogP contribution < -0.4 is 15.5 Å². The molecule has 0 bridgehead atoms. The molecule has 0 radical (unpaired) electrons. The largest absolute Gasteiger partial charge is 0.492 e. The maximum Gasteiger partial charge on any atom is 0.333 e. The number of H-pyrrole nitrogens is 1. The summed E-state index contributed by atoms with van der Waals surface area (Å²) in [4.78, 5) is 29.0. The Hall–Kier alpha value is -2.82. The van der Waals surface area contributed by atoms with Gasteiger partial charge in [-0.05, 0) is 81.4 Å². The summed E-state index contributed by atoms with van der Waals surface area (Å²) < 4.78 is 6.01. The highest BCUT2D eigenvalue weighted by molar-refractivity contribution is 6.27. The number of carbonyl (C=O) groups is 2. The Kier molecular flexibility index (Phi) is 11.7. The van der Waals surface area contributed by atoms with Gasteiger partial charge < -0.3 is 10.1 Å². The van der Waals surface area contributed by atoms with Crippen LogP contribution in [0, 0.1) is 12.8 Å². The average Bonchev–Trinajstić information content (AvgIpc) is 3.65. The SMILES string of the molecule is Cc1cc(OCCN2CCCC2)ccc1-c1[nH]nc2c1C(=O)c1c(NC(=O)NN3CCC(C)CC3)cccc1-2.Cl.Cl.Cl. The highest BCUT2D eigenvalue weighted by atomic mass is 35.5. The lowest BCUT2D eigenvalue weighted by molar-refractivity contribution is 0.104. The summed E-state index contributed by atoms with van der Waals surface area (Å²) in [5.41, 5.74) is 8.36. The van der Waals surface area contributed by atoms with Crippen LogP contribution in [-0.2, 0) is 0 Å².